The van der Waals surface area contributed by atoms with E-state index in [1.807, 2.05) is 18.2 Å². The van der Waals surface area contributed by atoms with Gasteiger partial charge in [0.25, 0.3) is 0 Å². The van der Waals surface area contributed by atoms with Gasteiger partial charge in [0.2, 0.25) is 0 Å². The number of methoxy groups -OCH3 is 1. The van der Waals surface area contributed by atoms with E-state index < -0.39 is 0 Å². The van der Waals surface area contributed by atoms with E-state index in [-0.39, 0.29) is 4.83 Å². The predicted molar refractivity (Wildman–Crippen MR) is 90.3 cm³/mol. The van der Waals surface area contributed by atoms with Crippen LogP contribution in [-0.2, 0) is 0 Å². The molecule has 0 N–H and O–H groups in total. The van der Waals surface area contributed by atoms with E-state index in [2.05, 4.69) is 72.9 Å². The van der Waals surface area contributed by atoms with Crippen molar-refractivity contribution in [3.8, 4) is 5.75 Å². The minimum Gasteiger partial charge on any atom is -0.496 e. The molecule has 0 aliphatic rings. The summed E-state index contributed by atoms with van der Waals surface area (Å²) in [6.07, 6.45) is 0. The van der Waals surface area contributed by atoms with Crippen molar-refractivity contribution in [2.45, 2.75) is 11.8 Å². The zero-order chi connectivity index (χ0) is 14.0. The summed E-state index contributed by atoms with van der Waals surface area (Å²) in [6, 6.07) is 12.4. The molecule has 1 atom stereocenters. The molecule has 0 radical (unpaired) electrons. The summed E-state index contributed by atoms with van der Waals surface area (Å²) in [5, 5.41) is 0. The Balaban J connectivity index is 2.41. The molecule has 100 valence electrons. The number of hydrogen-bond donors (Lipinski definition) is 0. The molecule has 0 aliphatic carbocycles. The zero-order valence-electron chi connectivity index (χ0n) is 10.6. The molecule has 0 saturated carbocycles. The second kappa shape index (κ2) is 6.42. The van der Waals surface area contributed by atoms with E-state index in [1.54, 1.807) is 7.11 Å². The van der Waals surface area contributed by atoms with Crippen molar-refractivity contribution in [1.29, 1.82) is 0 Å². The number of aryl methyl sites for hydroxylation is 1. The summed E-state index contributed by atoms with van der Waals surface area (Å²) in [5.41, 5.74) is 3.53. The van der Waals surface area contributed by atoms with E-state index >= 15 is 0 Å². The van der Waals surface area contributed by atoms with Gasteiger partial charge in [-0.25, -0.2) is 0 Å². The Morgan fingerprint density at radius 3 is 2.42 bits per heavy atom. The van der Waals surface area contributed by atoms with E-state index in [0.29, 0.717) is 0 Å². The van der Waals surface area contributed by atoms with Crippen molar-refractivity contribution in [2.24, 2.45) is 0 Å². The molecule has 0 bridgehead atoms. The van der Waals surface area contributed by atoms with Gasteiger partial charge >= 0.3 is 0 Å². The minimum absolute atomic E-state index is 0.143. The largest absolute Gasteiger partial charge is 0.496 e. The first kappa shape index (κ1) is 15.1. The van der Waals surface area contributed by atoms with Crippen molar-refractivity contribution in [3.05, 3.63) is 62.0 Å². The molecular formula is C15H13Br3O. The summed E-state index contributed by atoms with van der Waals surface area (Å²) < 4.78 is 7.45. The quantitative estimate of drug-likeness (QED) is 0.522. The normalized spacial score (nSPS) is 12.3. The summed E-state index contributed by atoms with van der Waals surface area (Å²) in [5.74, 6) is 0.914. The van der Waals surface area contributed by atoms with Crippen molar-refractivity contribution >= 4 is 47.8 Å². The van der Waals surface area contributed by atoms with Crippen molar-refractivity contribution < 1.29 is 4.74 Å². The van der Waals surface area contributed by atoms with E-state index in [0.717, 1.165) is 20.3 Å². The molecule has 0 saturated heterocycles. The van der Waals surface area contributed by atoms with Gasteiger partial charge in [0.1, 0.15) is 5.75 Å². The van der Waals surface area contributed by atoms with Crippen molar-refractivity contribution in [2.75, 3.05) is 7.11 Å². The molecule has 0 heterocycles. The number of benzene rings is 2. The lowest BCUT2D eigenvalue weighted by atomic mass is 10.0. The first-order valence-corrected chi connectivity index (χ1v) is 8.26. The summed E-state index contributed by atoms with van der Waals surface area (Å²) in [7, 11) is 1.69. The van der Waals surface area contributed by atoms with Crippen LogP contribution in [-0.4, -0.2) is 7.11 Å². The highest BCUT2D eigenvalue weighted by Crippen LogP contribution is 2.38. The molecule has 1 unspecified atom stereocenters. The lowest BCUT2D eigenvalue weighted by Crippen LogP contribution is -1.96. The van der Waals surface area contributed by atoms with Crippen LogP contribution in [0.15, 0.2) is 45.3 Å². The zero-order valence-corrected chi connectivity index (χ0v) is 15.3. The van der Waals surface area contributed by atoms with Crippen LogP contribution in [0.5, 0.6) is 5.75 Å². The molecule has 0 spiro atoms. The van der Waals surface area contributed by atoms with Crippen LogP contribution >= 0.6 is 47.8 Å². The van der Waals surface area contributed by atoms with Crippen LogP contribution in [0.25, 0.3) is 0 Å². The van der Waals surface area contributed by atoms with Gasteiger partial charge in [0.05, 0.1) is 11.9 Å². The van der Waals surface area contributed by atoms with Gasteiger partial charge in [-0.1, -0.05) is 59.9 Å². The summed E-state index contributed by atoms with van der Waals surface area (Å²) in [4.78, 5) is 0.143. The SMILES string of the molecule is COc1ccc(C(Br)c2cc(Br)ccc2Br)cc1C. The van der Waals surface area contributed by atoms with Gasteiger partial charge in [0.15, 0.2) is 0 Å². The molecular weight excluding hydrogens is 436 g/mol. The minimum atomic E-state index is 0.143. The van der Waals surface area contributed by atoms with E-state index in [9.17, 15) is 0 Å². The molecule has 2 aromatic carbocycles. The van der Waals surface area contributed by atoms with Crippen molar-refractivity contribution in [3.63, 3.8) is 0 Å². The molecule has 0 fully saturated rings. The third-order valence-electron chi connectivity index (χ3n) is 2.94. The molecule has 0 aromatic heterocycles. The Labute approximate surface area is 138 Å². The lowest BCUT2D eigenvalue weighted by molar-refractivity contribution is 0.411. The average molecular weight is 449 g/mol. The fourth-order valence-corrected chi connectivity index (χ4v) is 3.77. The van der Waals surface area contributed by atoms with E-state index in [4.69, 9.17) is 4.74 Å². The number of halogens is 3. The maximum atomic E-state index is 5.30. The fraction of sp³-hybridized carbons (Fsp3) is 0.200. The number of hydrogen-bond acceptors (Lipinski definition) is 1. The van der Waals surface area contributed by atoms with Gasteiger partial charge in [-0.15, -0.1) is 0 Å². The van der Waals surface area contributed by atoms with Gasteiger partial charge < -0.3 is 4.74 Å². The fourth-order valence-electron chi connectivity index (χ4n) is 1.95. The highest BCUT2D eigenvalue weighted by atomic mass is 79.9. The Morgan fingerprint density at radius 2 is 1.79 bits per heavy atom. The van der Waals surface area contributed by atoms with Crippen LogP contribution in [0.3, 0.4) is 0 Å². The third-order valence-corrected chi connectivity index (χ3v) is 5.18. The highest BCUT2D eigenvalue weighted by Gasteiger charge is 2.15. The van der Waals surface area contributed by atoms with Crippen LogP contribution in [0, 0.1) is 6.92 Å². The summed E-state index contributed by atoms with van der Waals surface area (Å²) >= 11 is 10.9. The van der Waals surface area contributed by atoms with E-state index in [1.165, 1.54) is 11.1 Å². The monoisotopic (exact) mass is 446 g/mol. The van der Waals surface area contributed by atoms with Gasteiger partial charge in [-0.05, 0) is 47.9 Å². The average Bonchev–Trinajstić information content (AvgIpc) is 2.40. The standard InChI is InChI=1S/C15H13Br3O/c1-9-7-10(3-6-14(9)19-2)15(18)12-8-11(16)4-5-13(12)17/h3-8,15H,1-2H3. The predicted octanol–water partition coefficient (Wildman–Crippen LogP) is 6.01. The highest BCUT2D eigenvalue weighted by molar-refractivity contribution is 9.11. The molecule has 0 amide bonds. The Morgan fingerprint density at radius 1 is 1.05 bits per heavy atom. The molecule has 2 rings (SSSR count). The van der Waals surface area contributed by atoms with Gasteiger partial charge in [-0.2, -0.15) is 0 Å². The van der Waals surface area contributed by atoms with Crippen LogP contribution in [0.4, 0.5) is 0 Å². The Bertz CT molecular complexity index is 596. The number of ether oxygens (including phenoxy) is 1. The summed E-state index contributed by atoms with van der Waals surface area (Å²) in [6.45, 7) is 2.05. The Hall–Kier alpha value is -0.320. The van der Waals surface area contributed by atoms with Gasteiger partial charge in [0, 0.05) is 8.95 Å². The van der Waals surface area contributed by atoms with Gasteiger partial charge in [-0.3, -0.25) is 0 Å². The lowest BCUT2D eigenvalue weighted by Gasteiger charge is -2.15. The maximum absolute atomic E-state index is 5.30. The molecule has 4 heteroatoms. The van der Waals surface area contributed by atoms with Crippen LogP contribution in [0.2, 0.25) is 0 Å². The molecule has 0 aliphatic heterocycles. The van der Waals surface area contributed by atoms with Crippen LogP contribution in [0.1, 0.15) is 21.5 Å². The third kappa shape index (κ3) is 3.41. The Kier molecular flexibility index (Phi) is 5.09. The molecule has 19 heavy (non-hydrogen) atoms. The second-order valence-corrected chi connectivity index (χ2v) is 6.94. The molecule has 1 nitrogen and oxygen atoms in total. The van der Waals surface area contributed by atoms with Crippen molar-refractivity contribution in [1.82, 2.24) is 0 Å². The number of alkyl halides is 1. The second-order valence-electron chi connectivity index (χ2n) is 4.26. The maximum Gasteiger partial charge on any atom is 0.121 e. The number of rotatable bonds is 3. The topological polar surface area (TPSA) is 9.23 Å². The molecule has 2 aromatic rings. The first-order chi connectivity index (χ1) is 9.02. The van der Waals surface area contributed by atoms with Crippen LogP contribution < -0.4 is 4.74 Å². The smallest absolute Gasteiger partial charge is 0.121 e. The first-order valence-electron chi connectivity index (χ1n) is 5.76.